The lowest BCUT2D eigenvalue weighted by molar-refractivity contribution is 0.0698. The number of aromatic nitrogens is 2. The number of nitrogens with zero attached hydrogens (tertiary/aromatic N) is 2. The third-order valence-electron chi connectivity index (χ3n) is 2.69. The minimum atomic E-state index is -1.05. The van der Waals surface area contributed by atoms with Crippen molar-refractivity contribution in [3.8, 4) is 0 Å². The van der Waals surface area contributed by atoms with Gasteiger partial charge in [0.05, 0.1) is 11.3 Å². The Morgan fingerprint density at radius 1 is 1.35 bits per heavy atom. The Hall–Kier alpha value is -1.80. The Morgan fingerprint density at radius 3 is 2.70 bits per heavy atom. The smallest absolute Gasteiger partial charge is 0.338 e. The molecule has 20 heavy (non-hydrogen) atoms. The van der Waals surface area contributed by atoms with Gasteiger partial charge in [0.15, 0.2) is 0 Å². The minimum absolute atomic E-state index is 0.121. The first-order valence-electron chi connectivity index (χ1n) is 6.05. The Balaban J connectivity index is 2.27. The first-order valence-corrected chi connectivity index (χ1v) is 7.64. The van der Waals surface area contributed by atoms with Crippen LogP contribution in [0.25, 0.3) is 0 Å². The maximum Gasteiger partial charge on any atom is 0.338 e. The topological polar surface area (TPSA) is 92.2 Å². The summed E-state index contributed by atoms with van der Waals surface area (Å²) in [6, 6.07) is 1.59. The molecule has 0 spiro atoms. The van der Waals surface area contributed by atoms with Crippen LogP contribution in [0.4, 0.5) is 5.00 Å². The van der Waals surface area contributed by atoms with Crippen LogP contribution < -0.4 is 5.32 Å². The van der Waals surface area contributed by atoms with Gasteiger partial charge in [-0.25, -0.2) is 4.79 Å². The lowest BCUT2D eigenvalue weighted by Gasteiger charge is -2.02. The number of amides is 1. The number of aromatic carboxylic acids is 1. The molecule has 0 atom stereocenters. The molecule has 0 aliphatic rings. The molecule has 0 aliphatic carbocycles. The van der Waals surface area contributed by atoms with E-state index in [0.717, 1.165) is 22.8 Å². The van der Waals surface area contributed by atoms with E-state index in [1.54, 1.807) is 6.07 Å². The van der Waals surface area contributed by atoms with Crippen LogP contribution in [0.3, 0.4) is 0 Å². The van der Waals surface area contributed by atoms with Crippen LogP contribution in [0.5, 0.6) is 0 Å². The fourth-order valence-electron chi connectivity index (χ4n) is 1.64. The van der Waals surface area contributed by atoms with Gasteiger partial charge in [0.1, 0.15) is 9.88 Å². The molecule has 2 heterocycles. The molecule has 0 aliphatic heterocycles. The van der Waals surface area contributed by atoms with Gasteiger partial charge in [-0.05, 0) is 30.4 Å². The van der Waals surface area contributed by atoms with Gasteiger partial charge in [0.25, 0.3) is 5.91 Å². The molecule has 2 N–H and O–H groups in total. The van der Waals surface area contributed by atoms with Crippen molar-refractivity contribution < 1.29 is 14.7 Å². The number of thiophene rings is 1. The van der Waals surface area contributed by atoms with Crippen molar-refractivity contribution >= 4 is 39.7 Å². The Kier molecular flexibility index (Phi) is 4.46. The highest BCUT2D eigenvalue weighted by Crippen LogP contribution is 2.29. The summed E-state index contributed by atoms with van der Waals surface area (Å²) in [5.74, 6) is -1.40. The van der Waals surface area contributed by atoms with Crippen LogP contribution in [0.15, 0.2) is 6.07 Å². The van der Waals surface area contributed by atoms with Crippen LogP contribution in [-0.2, 0) is 12.8 Å². The zero-order valence-corrected chi connectivity index (χ0v) is 12.6. The van der Waals surface area contributed by atoms with Gasteiger partial charge in [-0.15, -0.1) is 16.4 Å². The third-order valence-corrected chi connectivity index (χ3v) is 4.65. The number of rotatable bonds is 5. The van der Waals surface area contributed by atoms with E-state index in [1.807, 2.05) is 13.8 Å². The van der Waals surface area contributed by atoms with Crippen molar-refractivity contribution in [2.75, 3.05) is 5.32 Å². The number of carboxylic acids is 1. The Labute approximate surface area is 123 Å². The normalized spacial score (nSPS) is 10.5. The van der Waals surface area contributed by atoms with Crippen molar-refractivity contribution in [1.29, 1.82) is 0 Å². The summed E-state index contributed by atoms with van der Waals surface area (Å²) in [6.45, 7) is 3.82. The predicted molar refractivity (Wildman–Crippen MR) is 77.9 cm³/mol. The lowest BCUT2D eigenvalue weighted by atomic mass is 10.2. The highest BCUT2D eigenvalue weighted by atomic mass is 32.1. The minimum Gasteiger partial charge on any atom is -0.478 e. The molecule has 106 valence electrons. The second-order valence-corrected chi connectivity index (χ2v) is 5.86. The van der Waals surface area contributed by atoms with E-state index in [9.17, 15) is 9.59 Å². The van der Waals surface area contributed by atoms with Gasteiger partial charge in [0.2, 0.25) is 0 Å². The van der Waals surface area contributed by atoms with Crippen LogP contribution in [0.1, 0.15) is 44.4 Å². The summed E-state index contributed by atoms with van der Waals surface area (Å²) < 4.78 is 3.75. The molecule has 0 bridgehead atoms. The van der Waals surface area contributed by atoms with Crippen molar-refractivity contribution in [3.63, 3.8) is 0 Å². The Bertz CT molecular complexity index is 648. The second kappa shape index (κ2) is 6.10. The molecule has 0 radical (unpaired) electrons. The fourth-order valence-corrected chi connectivity index (χ4v) is 3.27. The van der Waals surface area contributed by atoms with E-state index >= 15 is 0 Å². The van der Waals surface area contributed by atoms with E-state index < -0.39 is 5.97 Å². The summed E-state index contributed by atoms with van der Waals surface area (Å²) in [7, 11) is 0. The van der Waals surface area contributed by atoms with Crippen LogP contribution in [0.2, 0.25) is 0 Å². The quantitative estimate of drug-likeness (QED) is 0.885. The van der Waals surface area contributed by atoms with Crippen molar-refractivity contribution in [2.45, 2.75) is 26.7 Å². The summed E-state index contributed by atoms with van der Waals surface area (Å²) in [6.07, 6.45) is 1.33. The first-order chi connectivity index (χ1) is 9.56. The molecule has 0 saturated heterocycles. The summed E-state index contributed by atoms with van der Waals surface area (Å²) in [5.41, 5.74) is 0.743. The zero-order chi connectivity index (χ0) is 14.7. The maximum atomic E-state index is 12.2. The summed E-state index contributed by atoms with van der Waals surface area (Å²) >= 11 is 2.29. The van der Waals surface area contributed by atoms with Crippen molar-refractivity contribution in [1.82, 2.24) is 9.59 Å². The van der Waals surface area contributed by atoms with Crippen molar-refractivity contribution in [2.24, 2.45) is 0 Å². The van der Waals surface area contributed by atoms with Gasteiger partial charge < -0.3 is 10.4 Å². The van der Waals surface area contributed by atoms with Gasteiger partial charge >= 0.3 is 5.97 Å². The Morgan fingerprint density at radius 2 is 2.10 bits per heavy atom. The number of aryl methyl sites for hydroxylation is 2. The largest absolute Gasteiger partial charge is 0.478 e. The number of hydrogen-bond donors (Lipinski definition) is 2. The van der Waals surface area contributed by atoms with Gasteiger partial charge in [0, 0.05) is 4.88 Å². The molecule has 2 rings (SSSR count). The molecular weight excluding hydrogens is 298 g/mol. The van der Waals surface area contributed by atoms with Crippen LogP contribution in [0, 0.1) is 0 Å². The molecule has 8 heteroatoms. The number of hydrogen-bond acceptors (Lipinski definition) is 6. The number of carboxylic acid groups (broad SMARTS) is 1. The van der Waals surface area contributed by atoms with E-state index in [2.05, 4.69) is 14.9 Å². The van der Waals surface area contributed by atoms with Gasteiger partial charge in [-0.3, -0.25) is 4.79 Å². The first kappa shape index (κ1) is 14.6. The molecule has 0 fully saturated rings. The molecule has 0 unspecified atom stereocenters. The maximum absolute atomic E-state index is 12.2. The number of anilines is 1. The predicted octanol–water partition coefficient (Wildman–Crippen LogP) is 2.67. The molecule has 2 aromatic heterocycles. The molecule has 0 saturated carbocycles. The third kappa shape index (κ3) is 2.86. The number of nitrogens with one attached hydrogen (secondary N) is 1. The van der Waals surface area contributed by atoms with Gasteiger partial charge in [-0.2, -0.15) is 0 Å². The van der Waals surface area contributed by atoms with E-state index in [4.69, 9.17) is 5.11 Å². The summed E-state index contributed by atoms with van der Waals surface area (Å²) in [5, 5.41) is 16.0. The van der Waals surface area contributed by atoms with E-state index in [0.29, 0.717) is 22.0 Å². The average Bonchev–Trinajstić information content (AvgIpc) is 3.04. The summed E-state index contributed by atoms with van der Waals surface area (Å²) in [4.78, 5) is 24.7. The van der Waals surface area contributed by atoms with Gasteiger partial charge in [-0.1, -0.05) is 18.3 Å². The molecule has 1 amide bonds. The monoisotopic (exact) mass is 311 g/mol. The van der Waals surface area contributed by atoms with E-state index in [1.165, 1.54) is 11.3 Å². The molecule has 6 nitrogen and oxygen atoms in total. The highest BCUT2D eigenvalue weighted by molar-refractivity contribution is 7.16. The van der Waals surface area contributed by atoms with E-state index in [-0.39, 0.29) is 11.5 Å². The van der Waals surface area contributed by atoms with Crippen LogP contribution in [-0.4, -0.2) is 26.6 Å². The lowest BCUT2D eigenvalue weighted by Crippen LogP contribution is -2.13. The second-order valence-electron chi connectivity index (χ2n) is 3.97. The number of carbonyl (C=O) groups is 2. The fraction of sp³-hybridized carbons (Fsp3) is 0.333. The molecule has 2 aromatic rings. The number of carbonyl (C=O) groups excluding carboxylic acids is 1. The molecular formula is C12H13N3O3S2. The highest BCUT2D eigenvalue weighted by Gasteiger charge is 2.20. The molecule has 0 aromatic carbocycles. The zero-order valence-electron chi connectivity index (χ0n) is 11.0. The van der Waals surface area contributed by atoms with Crippen molar-refractivity contribution in [3.05, 3.63) is 27.1 Å². The van der Waals surface area contributed by atoms with Crippen LogP contribution >= 0.6 is 22.9 Å². The standard InChI is InChI=1S/C12H13N3O3S2/c1-3-6-5-7(12(17)18)11(19-6)13-10(16)9-8(4-2)14-15-20-9/h5H,3-4H2,1-2H3,(H,13,16)(H,17,18). The average molecular weight is 311 g/mol. The SMILES string of the molecule is CCc1cc(C(=O)O)c(NC(=O)c2snnc2CC)s1.